The smallest absolute Gasteiger partial charge is 0.384 e. The summed E-state index contributed by atoms with van der Waals surface area (Å²) >= 11 is 3.35. The first-order valence-corrected chi connectivity index (χ1v) is 6.07. The second kappa shape index (κ2) is 6.97. The van der Waals surface area contributed by atoms with Gasteiger partial charge in [0.2, 0.25) is 0 Å². The van der Waals surface area contributed by atoms with Gasteiger partial charge in [0.15, 0.2) is 0 Å². The normalized spacial score (nSPS) is 9.12. The van der Waals surface area contributed by atoms with Crippen molar-refractivity contribution in [2.75, 3.05) is 13.2 Å². The van der Waals surface area contributed by atoms with Crippen LogP contribution >= 0.6 is 15.9 Å². The second-order valence-corrected chi connectivity index (χ2v) is 3.96. The minimum atomic E-state index is -0.530. The van der Waals surface area contributed by atoms with Crippen molar-refractivity contribution >= 4 is 21.9 Å². The Morgan fingerprint density at radius 3 is 2.76 bits per heavy atom. The summed E-state index contributed by atoms with van der Waals surface area (Å²) in [7, 11) is 0. The molecule has 0 aliphatic carbocycles. The third kappa shape index (κ3) is 4.49. The molecule has 0 aliphatic heterocycles. The van der Waals surface area contributed by atoms with E-state index in [1.807, 2.05) is 19.1 Å². The number of esters is 1. The van der Waals surface area contributed by atoms with Gasteiger partial charge in [0, 0.05) is 10.4 Å². The molecule has 0 bridgehead atoms. The second-order valence-electron chi connectivity index (χ2n) is 3.04. The van der Waals surface area contributed by atoms with Gasteiger partial charge in [0.1, 0.15) is 5.75 Å². The van der Waals surface area contributed by atoms with E-state index in [2.05, 4.69) is 27.8 Å². The molecule has 0 saturated heterocycles. The van der Waals surface area contributed by atoms with Crippen molar-refractivity contribution in [2.45, 2.75) is 13.8 Å². The third-order valence-electron chi connectivity index (χ3n) is 1.82. The third-order valence-corrected chi connectivity index (χ3v) is 2.31. The molecule has 0 atom stereocenters. The number of rotatable bonds is 3. The van der Waals surface area contributed by atoms with Crippen LogP contribution in [0.1, 0.15) is 19.4 Å². The van der Waals surface area contributed by atoms with E-state index >= 15 is 0 Å². The lowest BCUT2D eigenvalue weighted by molar-refractivity contribution is -0.136. The van der Waals surface area contributed by atoms with E-state index in [1.165, 1.54) is 0 Å². The fourth-order valence-corrected chi connectivity index (χ4v) is 1.50. The number of halogens is 1. The van der Waals surface area contributed by atoms with E-state index in [9.17, 15) is 4.79 Å². The summed E-state index contributed by atoms with van der Waals surface area (Å²) in [4.78, 5) is 11.1. The highest BCUT2D eigenvalue weighted by Gasteiger charge is 2.02. The molecule has 1 aromatic carbocycles. The van der Waals surface area contributed by atoms with Gasteiger partial charge in [-0.25, -0.2) is 4.79 Å². The molecule has 0 radical (unpaired) electrons. The lowest BCUT2D eigenvalue weighted by Gasteiger charge is -2.05. The van der Waals surface area contributed by atoms with Gasteiger partial charge in [-0.2, -0.15) is 0 Å². The molecule has 0 spiro atoms. The summed E-state index contributed by atoms with van der Waals surface area (Å²) in [6.45, 7) is 4.50. The molecule has 0 amide bonds. The van der Waals surface area contributed by atoms with Gasteiger partial charge in [-0.05, 0) is 32.0 Å². The maximum absolute atomic E-state index is 11.1. The number of hydrogen-bond acceptors (Lipinski definition) is 3. The lowest BCUT2D eigenvalue weighted by atomic mass is 10.2. The molecule has 3 nitrogen and oxygen atoms in total. The molecule has 17 heavy (non-hydrogen) atoms. The number of benzene rings is 1. The summed E-state index contributed by atoms with van der Waals surface area (Å²) in [6, 6.07) is 5.46. The molecule has 1 rings (SSSR count). The van der Waals surface area contributed by atoms with E-state index in [4.69, 9.17) is 9.47 Å². The Kier molecular flexibility index (Phi) is 5.58. The minimum Gasteiger partial charge on any atom is -0.493 e. The van der Waals surface area contributed by atoms with Crippen LogP contribution in [-0.4, -0.2) is 19.2 Å². The van der Waals surface area contributed by atoms with Gasteiger partial charge in [-0.1, -0.05) is 21.9 Å². The van der Waals surface area contributed by atoms with Crippen LogP contribution < -0.4 is 4.74 Å². The standard InChI is InChI=1S/C13H13BrO3/c1-3-16-12-9-11(14)7-5-10(12)6-8-13(15)17-4-2/h5,7,9H,3-4H2,1-2H3. The molecular weight excluding hydrogens is 284 g/mol. The first-order valence-electron chi connectivity index (χ1n) is 5.28. The van der Waals surface area contributed by atoms with Gasteiger partial charge in [-0.3, -0.25) is 0 Å². The largest absolute Gasteiger partial charge is 0.493 e. The van der Waals surface area contributed by atoms with Crippen LogP contribution in [0, 0.1) is 11.8 Å². The van der Waals surface area contributed by atoms with Crippen molar-refractivity contribution in [1.82, 2.24) is 0 Å². The maximum atomic E-state index is 11.1. The fraction of sp³-hybridized carbons (Fsp3) is 0.308. The van der Waals surface area contributed by atoms with Crippen LogP contribution in [-0.2, 0) is 9.53 Å². The Balaban J connectivity index is 2.93. The highest BCUT2D eigenvalue weighted by Crippen LogP contribution is 2.22. The Labute approximate surface area is 109 Å². The van der Waals surface area contributed by atoms with Gasteiger partial charge in [0.25, 0.3) is 0 Å². The Hall–Kier alpha value is -1.47. The highest BCUT2D eigenvalue weighted by molar-refractivity contribution is 9.10. The molecule has 90 valence electrons. The maximum Gasteiger partial charge on any atom is 0.384 e. The molecule has 0 aromatic heterocycles. The zero-order valence-electron chi connectivity index (χ0n) is 9.75. The van der Waals surface area contributed by atoms with Crippen molar-refractivity contribution in [3.8, 4) is 17.6 Å². The molecule has 1 aromatic rings. The molecule has 0 fully saturated rings. The molecule has 4 heteroatoms. The van der Waals surface area contributed by atoms with Crippen LogP contribution in [0.2, 0.25) is 0 Å². The topological polar surface area (TPSA) is 35.5 Å². The Morgan fingerprint density at radius 2 is 2.12 bits per heavy atom. The monoisotopic (exact) mass is 296 g/mol. The average molecular weight is 297 g/mol. The van der Waals surface area contributed by atoms with Gasteiger partial charge >= 0.3 is 5.97 Å². The van der Waals surface area contributed by atoms with Gasteiger partial charge < -0.3 is 9.47 Å². The SMILES string of the molecule is CCOC(=O)C#Cc1ccc(Br)cc1OCC. The van der Waals surface area contributed by atoms with Crippen molar-refractivity contribution in [3.63, 3.8) is 0 Å². The summed E-state index contributed by atoms with van der Waals surface area (Å²) in [6.07, 6.45) is 0. The number of ether oxygens (including phenoxy) is 2. The van der Waals surface area contributed by atoms with Crippen LogP contribution in [0.15, 0.2) is 22.7 Å². The van der Waals surface area contributed by atoms with Crippen molar-refractivity contribution in [3.05, 3.63) is 28.2 Å². The quantitative estimate of drug-likeness (QED) is 0.635. The van der Waals surface area contributed by atoms with E-state index in [0.29, 0.717) is 24.5 Å². The van der Waals surface area contributed by atoms with Crippen LogP contribution in [0.5, 0.6) is 5.75 Å². The number of carbonyl (C=O) groups is 1. The highest BCUT2D eigenvalue weighted by atomic mass is 79.9. The van der Waals surface area contributed by atoms with Crippen LogP contribution in [0.3, 0.4) is 0 Å². The van der Waals surface area contributed by atoms with Gasteiger partial charge in [0.05, 0.1) is 18.8 Å². The summed E-state index contributed by atoms with van der Waals surface area (Å²) < 4.78 is 11.1. The molecular formula is C13H13BrO3. The zero-order valence-corrected chi connectivity index (χ0v) is 11.3. The predicted molar refractivity (Wildman–Crippen MR) is 68.8 cm³/mol. The van der Waals surface area contributed by atoms with E-state index in [1.54, 1.807) is 13.0 Å². The number of carbonyl (C=O) groups excluding carboxylic acids is 1. The zero-order chi connectivity index (χ0) is 12.7. The molecule has 0 unspecified atom stereocenters. The Bertz CT molecular complexity index is 457. The van der Waals surface area contributed by atoms with Crippen molar-refractivity contribution in [1.29, 1.82) is 0 Å². The predicted octanol–water partition coefficient (Wildman–Crippen LogP) is 2.76. The van der Waals surface area contributed by atoms with E-state index < -0.39 is 5.97 Å². The van der Waals surface area contributed by atoms with Crippen molar-refractivity contribution in [2.24, 2.45) is 0 Å². The van der Waals surface area contributed by atoms with Gasteiger partial charge in [-0.15, -0.1) is 0 Å². The summed E-state index contributed by atoms with van der Waals surface area (Å²) in [5.74, 6) is 5.27. The van der Waals surface area contributed by atoms with E-state index in [-0.39, 0.29) is 0 Å². The molecule has 0 heterocycles. The van der Waals surface area contributed by atoms with Crippen LogP contribution in [0.4, 0.5) is 0 Å². The van der Waals surface area contributed by atoms with Crippen molar-refractivity contribution < 1.29 is 14.3 Å². The molecule has 0 N–H and O–H groups in total. The number of hydrogen-bond donors (Lipinski definition) is 0. The average Bonchev–Trinajstić information content (AvgIpc) is 2.29. The molecule has 0 saturated carbocycles. The Morgan fingerprint density at radius 1 is 1.35 bits per heavy atom. The molecule has 0 aliphatic rings. The lowest BCUT2D eigenvalue weighted by Crippen LogP contribution is -2.00. The minimum absolute atomic E-state index is 0.326. The first-order chi connectivity index (χ1) is 8.17. The first kappa shape index (κ1) is 13.6. The fourth-order valence-electron chi connectivity index (χ4n) is 1.16. The summed E-state index contributed by atoms with van der Waals surface area (Å²) in [5, 5.41) is 0. The summed E-state index contributed by atoms with van der Waals surface area (Å²) in [5.41, 5.74) is 0.670. The van der Waals surface area contributed by atoms with E-state index in [0.717, 1.165) is 4.47 Å². The van der Waals surface area contributed by atoms with Crippen LogP contribution in [0.25, 0.3) is 0 Å².